The summed E-state index contributed by atoms with van der Waals surface area (Å²) >= 11 is 0. The number of hydrogen-bond donors (Lipinski definition) is 2. The summed E-state index contributed by atoms with van der Waals surface area (Å²) in [7, 11) is -4.79. The Morgan fingerprint density at radius 3 is 1.13 bits per heavy atom. The maximum absolute atomic E-state index is 12.9. The molecule has 0 saturated carbocycles. The monoisotopic (exact) mass is 1110 g/mol. The van der Waals surface area contributed by atoms with Crippen molar-refractivity contribution < 1.29 is 52.2 Å². The van der Waals surface area contributed by atoms with Gasteiger partial charge in [-0.1, -0.05) is 225 Å². The number of allylic oxidation sites excluding steroid dienone is 21. The van der Waals surface area contributed by atoms with Gasteiger partial charge in [-0.05, 0) is 116 Å². The minimum Gasteiger partial charge on any atom is -0.462 e. The van der Waals surface area contributed by atoms with Crippen molar-refractivity contribution >= 4 is 25.7 Å². The van der Waals surface area contributed by atoms with E-state index in [4.69, 9.17) is 23.3 Å². The average Bonchev–Trinajstić information content (AvgIpc) is 3.43. The van der Waals surface area contributed by atoms with Gasteiger partial charge < -0.3 is 24.2 Å². The summed E-state index contributed by atoms with van der Waals surface area (Å²) in [5.41, 5.74) is 0. The highest BCUT2D eigenvalue weighted by molar-refractivity contribution is 7.47. The van der Waals surface area contributed by atoms with E-state index in [9.17, 15) is 28.9 Å². The smallest absolute Gasteiger partial charge is 0.462 e. The normalized spacial score (nSPS) is 14.3. The third-order valence-corrected chi connectivity index (χ3v) is 13.0. The van der Waals surface area contributed by atoms with Crippen LogP contribution in [0.2, 0.25) is 0 Å². The van der Waals surface area contributed by atoms with Crippen LogP contribution in [0.3, 0.4) is 0 Å². The lowest BCUT2D eigenvalue weighted by Gasteiger charge is -2.21. The Balaban J connectivity index is 4.85. The quantitative estimate of drug-likeness (QED) is 0.0197. The first-order valence-corrected chi connectivity index (χ1v) is 31.6. The molecule has 0 aliphatic carbocycles. The zero-order valence-corrected chi connectivity index (χ0v) is 49.7. The van der Waals surface area contributed by atoms with Crippen LogP contribution in [0.5, 0.6) is 0 Å². The molecule has 442 valence electrons. The van der Waals surface area contributed by atoms with Gasteiger partial charge in [0, 0.05) is 12.8 Å². The van der Waals surface area contributed by atoms with Gasteiger partial charge in [0.05, 0.1) is 26.2 Å². The molecule has 0 heterocycles. The highest BCUT2D eigenvalue weighted by atomic mass is 31.2. The SMILES string of the molecule is CC/C=C\C/C=C\C/C=C\C/C=C\C/C=C\CC(=O)OC(CO)COP(=O)(O)OCC(COC(=O)CCCCCCCCCCC/C=C\C/C=C\CCCCC)OC(=O)CCCCCC/C=C\C/C=C\C/C=C\C/C=C\CC. The first kappa shape index (κ1) is 73.6. The van der Waals surface area contributed by atoms with E-state index in [0.717, 1.165) is 109 Å². The third kappa shape index (κ3) is 56.3. The molecule has 0 aromatic rings. The molecule has 3 atom stereocenters. The van der Waals surface area contributed by atoms with Crippen molar-refractivity contribution in [3.8, 4) is 0 Å². The van der Waals surface area contributed by atoms with E-state index in [1.165, 1.54) is 57.8 Å². The average molecular weight is 1110 g/mol. The summed E-state index contributed by atoms with van der Waals surface area (Å²) < 4.78 is 39.4. The Morgan fingerprint density at radius 2 is 0.718 bits per heavy atom. The fourth-order valence-electron chi connectivity index (χ4n) is 7.57. The van der Waals surface area contributed by atoms with Crippen LogP contribution >= 0.6 is 7.82 Å². The second-order valence-corrected chi connectivity index (χ2v) is 20.9. The molecular formula is C66H107O11P. The van der Waals surface area contributed by atoms with Crippen LogP contribution in [0.4, 0.5) is 0 Å². The minimum atomic E-state index is -4.79. The first-order valence-electron chi connectivity index (χ1n) is 30.1. The molecule has 0 bridgehead atoms. The van der Waals surface area contributed by atoms with Crippen molar-refractivity contribution in [1.82, 2.24) is 0 Å². The highest BCUT2D eigenvalue weighted by Gasteiger charge is 2.28. The van der Waals surface area contributed by atoms with Crippen molar-refractivity contribution in [3.05, 3.63) is 134 Å². The van der Waals surface area contributed by atoms with E-state index in [1.54, 1.807) is 6.08 Å². The Bertz CT molecular complexity index is 1820. The number of phosphoric acid groups is 1. The Morgan fingerprint density at radius 1 is 0.385 bits per heavy atom. The van der Waals surface area contributed by atoms with Crippen molar-refractivity contribution in [2.24, 2.45) is 0 Å². The van der Waals surface area contributed by atoms with Crippen molar-refractivity contribution in [1.29, 1.82) is 0 Å². The lowest BCUT2D eigenvalue weighted by atomic mass is 10.1. The van der Waals surface area contributed by atoms with Crippen molar-refractivity contribution in [3.63, 3.8) is 0 Å². The minimum absolute atomic E-state index is 0.0636. The van der Waals surface area contributed by atoms with Gasteiger partial charge in [-0.3, -0.25) is 23.4 Å². The van der Waals surface area contributed by atoms with Gasteiger partial charge in [0.25, 0.3) is 0 Å². The number of rotatable bonds is 54. The molecule has 0 aliphatic heterocycles. The zero-order chi connectivity index (χ0) is 56.9. The maximum atomic E-state index is 12.9. The van der Waals surface area contributed by atoms with E-state index >= 15 is 0 Å². The predicted molar refractivity (Wildman–Crippen MR) is 325 cm³/mol. The summed E-state index contributed by atoms with van der Waals surface area (Å²) in [5, 5.41) is 9.81. The summed E-state index contributed by atoms with van der Waals surface area (Å²) in [6.07, 6.45) is 74.3. The molecular weight excluding hydrogens is 1000 g/mol. The fourth-order valence-corrected chi connectivity index (χ4v) is 8.35. The summed E-state index contributed by atoms with van der Waals surface area (Å²) in [6.45, 7) is 4.24. The molecule has 11 nitrogen and oxygen atoms in total. The zero-order valence-electron chi connectivity index (χ0n) is 48.8. The largest absolute Gasteiger partial charge is 0.472 e. The van der Waals surface area contributed by atoms with Crippen LogP contribution in [0.1, 0.15) is 226 Å². The number of ether oxygens (including phenoxy) is 3. The van der Waals surface area contributed by atoms with Crippen molar-refractivity contribution in [2.45, 2.75) is 238 Å². The number of esters is 3. The van der Waals surface area contributed by atoms with E-state index in [2.05, 4.69) is 130 Å². The molecule has 0 amide bonds. The number of unbranched alkanes of at least 4 members (excludes halogenated alkanes) is 16. The topological polar surface area (TPSA) is 155 Å². The molecule has 0 spiro atoms. The van der Waals surface area contributed by atoms with Crippen LogP contribution in [0, 0.1) is 0 Å². The van der Waals surface area contributed by atoms with Gasteiger partial charge in [-0.15, -0.1) is 0 Å². The van der Waals surface area contributed by atoms with Gasteiger partial charge >= 0.3 is 25.7 Å². The summed E-state index contributed by atoms with van der Waals surface area (Å²) in [4.78, 5) is 48.6. The molecule has 78 heavy (non-hydrogen) atoms. The van der Waals surface area contributed by atoms with E-state index in [0.29, 0.717) is 19.3 Å². The number of aliphatic hydroxyl groups excluding tert-OH is 1. The molecule has 0 rings (SSSR count). The summed E-state index contributed by atoms with van der Waals surface area (Å²) in [5.74, 6) is -1.65. The number of hydrogen-bond acceptors (Lipinski definition) is 10. The first-order chi connectivity index (χ1) is 38.2. The Labute approximate surface area is 474 Å². The standard InChI is InChI=1S/C66H107O11P/c1-4-7-10-13-16-19-22-25-28-30-31-33-35-37-40-43-46-49-52-55-64(68)73-59-63(77-66(70)57-54-51-48-45-42-39-36-32-29-26-23-20-17-14-11-8-5-2)61-75-78(71,72)74-60-62(58-67)76-65(69)56-53-50-47-44-41-38-34-27-24-21-18-15-12-9-6-3/h8-9,11-12,16-21,25-29,34,36,39,41,44,50,53,62-63,67H,4-7,10,13-15,22-24,30-33,35,37-38,40,42-43,45-49,51-52,54-61H2,1-3H3,(H,71,72)/b11-8-,12-9-,19-16-,20-17-,21-18-,28-25-,29-26-,34-27-,39-36-,44-41-,53-50-. The Kier molecular flexibility index (Phi) is 55.5. The van der Waals surface area contributed by atoms with Gasteiger partial charge in [-0.25, -0.2) is 4.57 Å². The van der Waals surface area contributed by atoms with Crippen LogP contribution in [0.15, 0.2) is 134 Å². The van der Waals surface area contributed by atoms with Crippen LogP contribution in [-0.2, 0) is 42.2 Å². The maximum Gasteiger partial charge on any atom is 0.472 e. The van der Waals surface area contributed by atoms with Gasteiger partial charge in [0.2, 0.25) is 0 Å². The van der Waals surface area contributed by atoms with E-state index in [-0.39, 0.29) is 25.9 Å². The number of carbonyl (C=O) groups is 3. The van der Waals surface area contributed by atoms with Crippen LogP contribution in [-0.4, -0.2) is 66.5 Å². The van der Waals surface area contributed by atoms with Crippen molar-refractivity contribution in [2.75, 3.05) is 26.4 Å². The molecule has 0 aromatic carbocycles. The lowest BCUT2D eigenvalue weighted by Crippen LogP contribution is -2.30. The lowest BCUT2D eigenvalue weighted by molar-refractivity contribution is -0.161. The van der Waals surface area contributed by atoms with Gasteiger partial charge in [0.15, 0.2) is 6.10 Å². The van der Waals surface area contributed by atoms with Gasteiger partial charge in [0.1, 0.15) is 12.7 Å². The highest BCUT2D eigenvalue weighted by Crippen LogP contribution is 2.43. The predicted octanol–water partition coefficient (Wildman–Crippen LogP) is 18.1. The second-order valence-electron chi connectivity index (χ2n) is 19.4. The number of carbonyl (C=O) groups excluding carboxylic acids is 3. The van der Waals surface area contributed by atoms with E-state index in [1.807, 2.05) is 18.2 Å². The molecule has 0 aliphatic rings. The Hall–Kier alpha value is -4.38. The molecule has 0 fully saturated rings. The molecule has 2 N–H and O–H groups in total. The second kappa shape index (κ2) is 58.8. The number of phosphoric ester groups is 1. The van der Waals surface area contributed by atoms with Gasteiger partial charge in [-0.2, -0.15) is 0 Å². The molecule has 0 aromatic heterocycles. The van der Waals surface area contributed by atoms with E-state index < -0.39 is 57.8 Å². The summed E-state index contributed by atoms with van der Waals surface area (Å²) in [6, 6.07) is 0. The molecule has 3 unspecified atom stereocenters. The fraction of sp³-hybridized carbons (Fsp3) is 0.621. The van der Waals surface area contributed by atoms with Crippen LogP contribution < -0.4 is 0 Å². The third-order valence-electron chi connectivity index (χ3n) is 12.1. The molecule has 0 saturated heterocycles. The number of aliphatic hydroxyl groups is 1. The molecule has 12 heteroatoms. The van der Waals surface area contributed by atoms with Crippen LogP contribution in [0.25, 0.3) is 0 Å². The molecule has 0 radical (unpaired) electrons.